The van der Waals surface area contributed by atoms with Gasteiger partial charge in [-0.15, -0.1) is 0 Å². The van der Waals surface area contributed by atoms with Crippen LogP contribution in [-0.2, 0) is 10.2 Å². The fraction of sp³-hybridized carbons (Fsp3) is 0.548. The summed E-state index contributed by atoms with van der Waals surface area (Å²) in [6.45, 7) is 6.40. The number of nitrogens with two attached hydrogens (primary N) is 1. The van der Waals surface area contributed by atoms with Crippen molar-refractivity contribution in [3.05, 3.63) is 64.7 Å². The summed E-state index contributed by atoms with van der Waals surface area (Å²) in [5.74, 6) is 1.58. The Balaban J connectivity index is 1.10. The van der Waals surface area contributed by atoms with E-state index in [-0.39, 0.29) is 5.41 Å². The Morgan fingerprint density at radius 3 is 2.33 bits per heavy atom. The normalized spacial score (nSPS) is 21.9. The minimum Gasteiger partial charge on any atom is -0.493 e. The zero-order chi connectivity index (χ0) is 25.3. The highest BCUT2D eigenvalue weighted by molar-refractivity contribution is 5.94. The fourth-order valence-electron chi connectivity index (χ4n) is 7.00. The number of likely N-dealkylation sites (tertiary alicyclic amines) is 1. The van der Waals surface area contributed by atoms with Crippen LogP contribution in [0.4, 0.5) is 0 Å². The highest BCUT2D eigenvalue weighted by Gasteiger charge is 2.55. The molecular formula is C31H40N2O3. The van der Waals surface area contributed by atoms with Crippen molar-refractivity contribution in [2.24, 2.45) is 17.1 Å². The van der Waals surface area contributed by atoms with Gasteiger partial charge in [0.05, 0.1) is 12.0 Å². The Bertz CT molecular complexity index is 1110. The second kappa shape index (κ2) is 9.91. The van der Waals surface area contributed by atoms with Gasteiger partial charge in [-0.2, -0.15) is 0 Å². The summed E-state index contributed by atoms with van der Waals surface area (Å²) in [7, 11) is 0. The molecule has 2 N–H and O–H groups in total. The van der Waals surface area contributed by atoms with Crippen molar-refractivity contribution in [1.82, 2.24) is 4.90 Å². The molecule has 1 spiro atoms. The quantitative estimate of drug-likeness (QED) is 0.484. The Labute approximate surface area is 215 Å². The number of amides is 2. The topological polar surface area (TPSA) is 72.6 Å². The maximum absolute atomic E-state index is 13.8. The van der Waals surface area contributed by atoms with Gasteiger partial charge in [0.1, 0.15) is 5.75 Å². The number of piperidine rings is 1. The molecule has 0 bridgehead atoms. The van der Waals surface area contributed by atoms with E-state index >= 15 is 0 Å². The lowest BCUT2D eigenvalue weighted by molar-refractivity contribution is -0.139. The molecule has 1 unspecified atom stereocenters. The third-order valence-electron chi connectivity index (χ3n) is 9.56. The van der Waals surface area contributed by atoms with Crippen LogP contribution in [0.5, 0.6) is 5.75 Å². The highest BCUT2D eigenvalue weighted by Crippen LogP contribution is 2.61. The number of nitrogens with zero attached hydrogens (tertiary/aromatic N) is 1. The van der Waals surface area contributed by atoms with Gasteiger partial charge in [0, 0.05) is 18.7 Å². The molecule has 1 aliphatic heterocycles. The van der Waals surface area contributed by atoms with Gasteiger partial charge in [-0.25, -0.2) is 0 Å². The molecule has 1 saturated heterocycles. The number of ether oxygens (including phenoxy) is 1. The SMILES string of the molecule is Cc1c(OCCCC2CC23CCN(C(=O)C2(c4ccccc4)CCCC2)CC3)ccc(C(N)=O)c1C. The summed E-state index contributed by atoms with van der Waals surface area (Å²) in [6, 6.07) is 14.1. The molecule has 1 heterocycles. The van der Waals surface area contributed by atoms with Crippen LogP contribution in [0, 0.1) is 25.2 Å². The van der Waals surface area contributed by atoms with Crippen molar-refractivity contribution >= 4 is 11.8 Å². The van der Waals surface area contributed by atoms with E-state index in [2.05, 4.69) is 29.2 Å². The molecule has 2 amide bonds. The smallest absolute Gasteiger partial charge is 0.248 e. The van der Waals surface area contributed by atoms with Crippen molar-refractivity contribution in [2.75, 3.05) is 19.7 Å². The van der Waals surface area contributed by atoms with Crippen LogP contribution < -0.4 is 10.5 Å². The van der Waals surface area contributed by atoms with E-state index in [1.165, 1.54) is 18.4 Å². The number of carbonyl (C=O) groups excluding carboxylic acids is 2. The standard InChI is InChI=1S/C31H40N2O3/c1-22-23(2)27(13-12-26(22)28(32)34)36-20-8-11-25-21-30(25)16-18-33(19-17-30)29(35)31(14-6-7-15-31)24-9-4-3-5-10-24/h3-5,9-10,12-13,25H,6-8,11,14-21H2,1-2H3,(H2,32,34). The molecule has 3 aliphatic rings. The second-order valence-electron chi connectivity index (χ2n) is 11.4. The summed E-state index contributed by atoms with van der Waals surface area (Å²) >= 11 is 0. The first kappa shape index (κ1) is 24.9. The van der Waals surface area contributed by atoms with Crippen LogP contribution in [0.1, 0.15) is 84.8 Å². The molecule has 36 heavy (non-hydrogen) atoms. The third kappa shape index (κ3) is 4.53. The number of rotatable bonds is 8. The summed E-state index contributed by atoms with van der Waals surface area (Å²) in [5.41, 5.74) is 9.27. The van der Waals surface area contributed by atoms with Gasteiger partial charge in [-0.05, 0) is 98.9 Å². The third-order valence-corrected chi connectivity index (χ3v) is 9.56. The van der Waals surface area contributed by atoms with Crippen molar-refractivity contribution in [3.63, 3.8) is 0 Å². The average Bonchev–Trinajstić information content (AvgIpc) is 3.31. The van der Waals surface area contributed by atoms with E-state index in [1.807, 2.05) is 26.0 Å². The van der Waals surface area contributed by atoms with Crippen LogP contribution in [0.3, 0.4) is 0 Å². The molecule has 192 valence electrons. The van der Waals surface area contributed by atoms with Crippen LogP contribution in [0.25, 0.3) is 0 Å². The van der Waals surface area contributed by atoms with Crippen LogP contribution >= 0.6 is 0 Å². The van der Waals surface area contributed by atoms with Crippen molar-refractivity contribution in [3.8, 4) is 5.75 Å². The number of carbonyl (C=O) groups is 2. The van der Waals surface area contributed by atoms with E-state index in [4.69, 9.17) is 10.5 Å². The first-order valence-electron chi connectivity index (χ1n) is 13.7. The van der Waals surface area contributed by atoms with Gasteiger partial charge in [0.25, 0.3) is 0 Å². The second-order valence-corrected chi connectivity index (χ2v) is 11.4. The zero-order valence-electron chi connectivity index (χ0n) is 21.9. The van der Waals surface area contributed by atoms with E-state index in [9.17, 15) is 9.59 Å². The summed E-state index contributed by atoms with van der Waals surface area (Å²) in [6.07, 6.45) is 10.1. The van der Waals surface area contributed by atoms with Crippen molar-refractivity contribution in [1.29, 1.82) is 0 Å². The summed E-state index contributed by atoms with van der Waals surface area (Å²) < 4.78 is 6.06. The van der Waals surface area contributed by atoms with E-state index < -0.39 is 5.91 Å². The van der Waals surface area contributed by atoms with Crippen molar-refractivity contribution in [2.45, 2.75) is 77.0 Å². The van der Waals surface area contributed by atoms with Gasteiger partial charge >= 0.3 is 0 Å². The molecule has 5 rings (SSSR count). The van der Waals surface area contributed by atoms with Gasteiger partial charge in [0.15, 0.2) is 0 Å². The lowest BCUT2D eigenvalue weighted by Gasteiger charge is -2.39. The molecule has 1 atom stereocenters. The van der Waals surface area contributed by atoms with E-state index in [0.717, 1.165) is 80.8 Å². The Kier molecular flexibility index (Phi) is 6.84. The first-order valence-corrected chi connectivity index (χ1v) is 13.7. The van der Waals surface area contributed by atoms with Crippen LogP contribution in [0.2, 0.25) is 0 Å². The van der Waals surface area contributed by atoms with E-state index in [1.54, 1.807) is 6.07 Å². The number of primary amides is 1. The van der Waals surface area contributed by atoms with Gasteiger partial charge in [-0.1, -0.05) is 43.2 Å². The molecule has 2 aromatic carbocycles. The number of hydrogen-bond acceptors (Lipinski definition) is 3. The summed E-state index contributed by atoms with van der Waals surface area (Å²) in [5, 5.41) is 0. The molecule has 2 aromatic rings. The highest BCUT2D eigenvalue weighted by atomic mass is 16.5. The maximum Gasteiger partial charge on any atom is 0.248 e. The lowest BCUT2D eigenvalue weighted by atomic mass is 9.76. The molecule has 5 heteroatoms. The average molecular weight is 489 g/mol. The lowest BCUT2D eigenvalue weighted by Crippen LogP contribution is -2.49. The first-order chi connectivity index (χ1) is 17.4. The van der Waals surface area contributed by atoms with Gasteiger partial charge < -0.3 is 15.4 Å². The number of benzene rings is 2. The van der Waals surface area contributed by atoms with Gasteiger partial charge in [-0.3, -0.25) is 9.59 Å². The van der Waals surface area contributed by atoms with E-state index in [0.29, 0.717) is 23.5 Å². The maximum atomic E-state index is 13.8. The Morgan fingerprint density at radius 2 is 1.67 bits per heavy atom. The molecule has 2 aliphatic carbocycles. The fourth-order valence-corrected chi connectivity index (χ4v) is 7.00. The minimum atomic E-state index is -0.396. The zero-order valence-corrected chi connectivity index (χ0v) is 21.9. The molecule has 3 fully saturated rings. The van der Waals surface area contributed by atoms with Crippen LogP contribution in [-0.4, -0.2) is 36.4 Å². The van der Waals surface area contributed by atoms with Gasteiger partial charge in [0.2, 0.25) is 11.8 Å². The largest absolute Gasteiger partial charge is 0.493 e. The Hall–Kier alpha value is -2.82. The monoisotopic (exact) mass is 488 g/mol. The molecule has 0 radical (unpaired) electrons. The molecular weight excluding hydrogens is 448 g/mol. The minimum absolute atomic E-state index is 0.293. The molecule has 0 aromatic heterocycles. The molecule has 5 nitrogen and oxygen atoms in total. The Morgan fingerprint density at radius 1 is 0.972 bits per heavy atom. The van der Waals surface area contributed by atoms with Crippen LogP contribution in [0.15, 0.2) is 42.5 Å². The predicted octanol–water partition coefficient (Wildman–Crippen LogP) is 5.70. The predicted molar refractivity (Wildman–Crippen MR) is 142 cm³/mol. The summed E-state index contributed by atoms with van der Waals surface area (Å²) in [4.78, 5) is 27.5. The van der Waals surface area contributed by atoms with Crippen molar-refractivity contribution < 1.29 is 14.3 Å². The molecule has 2 saturated carbocycles. The number of hydrogen-bond donors (Lipinski definition) is 1.